The highest BCUT2D eigenvalue weighted by Crippen LogP contribution is 2.25. The van der Waals surface area contributed by atoms with Gasteiger partial charge in [0.05, 0.1) is 11.3 Å². The van der Waals surface area contributed by atoms with Crippen molar-refractivity contribution in [2.45, 2.75) is 6.92 Å². The number of anilines is 2. The zero-order valence-electron chi connectivity index (χ0n) is 11.1. The van der Waals surface area contributed by atoms with Gasteiger partial charge in [0, 0.05) is 16.3 Å². The van der Waals surface area contributed by atoms with Gasteiger partial charge in [-0.25, -0.2) is 4.39 Å². The second-order valence-electron chi connectivity index (χ2n) is 4.35. The Morgan fingerprint density at radius 1 is 1.15 bits per heavy atom. The number of nitrogens with one attached hydrogen (secondary N) is 2. The summed E-state index contributed by atoms with van der Waals surface area (Å²) in [7, 11) is 1.55. The lowest BCUT2D eigenvalue weighted by atomic mass is 10.1. The molecule has 0 aliphatic rings. The molecule has 0 aliphatic carbocycles. The number of carbonyl (C=O) groups is 1. The smallest absolute Gasteiger partial charge is 0.253 e. The molecular weight excluding hydrogens is 370 g/mol. The van der Waals surface area contributed by atoms with E-state index in [1.54, 1.807) is 7.05 Å². The molecule has 0 heterocycles. The van der Waals surface area contributed by atoms with E-state index in [4.69, 9.17) is 0 Å². The van der Waals surface area contributed by atoms with E-state index in [1.807, 2.05) is 25.1 Å². The van der Waals surface area contributed by atoms with Gasteiger partial charge in [0.15, 0.2) is 0 Å². The Hall–Kier alpha value is -1.63. The van der Waals surface area contributed by atoms with E-state index in [0.29, 0.717) is 11.3 Å². The Kier molecular flexibility index (Phi) is 4.59. The van der Waals surface area contributed by atoms with Gasteiger partial charge in [0.2, 0.25) is 0 Å². The van der Waals surface area contributed by atoms with E-state index in [-0.39, 0.29) is 11.7 Å². The normalized spacial score (nSPS) is 10.2. The summed E-state index contributed by atoms with van der Waals surface area (Å²) < 4.78 is 14.5. The SMILES string of the molecule is CNC(=O)c1ccc(F)cc1Nc1ccc(I)cc1C. The Balaban J connectivity index is 2.41. The molecule has 2 aromatic carbocycles. The second kappa shape index (κ2) is 6.21. The quantitative estimate of drug-likeness (QED) is 0.790. The lowest BCUT2D eigenvalue weighted by molar-refractivity contribution is 0.0964. The highest BCUT2D eigenvalue weighted by atomic mass is 127. The first kappa shape index (κ1) is 14.8. The Morgan fingerprint density at radius 2 is 1.90 bits per heavy atom. The molecule has 0 atom stereocenters. The van der Waals surface area contributed by atoms with Crippen LogP contribution in [-0.4, -0.2) is 13.0 Å². The van der Waals surface area contributed by atoms with Crippen molar-refractivity contribution in [3.8, 4) is 0 Å². The van der Waals surface area contributed by atoms with Crippen molar-refractivity contribution in [3.05, 3.63) is 56.9 Å². The molecular formula is C15H14FIN2O. The number of aryl methyl sites for hydroxylation is 1. The van der Waals surface area contributed by atoms with E-state index in [2.05, 4.69) is 33.2 Å². The number of carbonyl (C=O) groups excluding carboxylic acids is 1. The third-order valence-electron chi connectivity index (χ3n) is 2.91. The summed E-state index contributed by atoms with van der Waals surface area (Å²) in [6, 6.07) is 9.95. The molecule has 0 unspecified atom stereocenters. The number of amides is 1. The van der Waals surface area contributed by atoms with E-state index in [9.17, 15) is 9.18 Å². The van der Waals surface area contributed by atoms with Crippen LogP contribution < -0.4 is 10.6 Å². The molecule has 0 spiro atoms. The zero-order chi connectivity index (χ0) is 14.7. The summed E-state index contributed by atoms with van der Waals surface area (Å²) in [5.74, 6) is -0.640. The maximum Gasteiger partial charge on any atom is 0.253 e. The minimum Gasteiger partial charge on any atom is -0.355 e. The van der Waals surface area contributed by atoms with Gasteiger partial charge in [0.1, 0.15) is 5.82 Å². The summed E-state index contributed by atoms with van der Waals surface area (Å²) in [6.45, 7) is 1.96. The number of benzene rings is 2. The van der Waals surface area contributed by atoms with Crippen molar-refractivity contribution in [3.63, 3.8) is 0 Å². The van der Waals surface area contributed by atoms with Crippen molar-refractivity contribution < 1.29 is 9.18 Å². The largest absolute Gasteiger partial charge is 0.355 e. The molecule has 2 N–H and O–H groups in total. The third-order valence-corrected chi connectivity index (χ3v) is 3.58. The first-order chi connectivity index (χ1) is 9.51. The van der Waals surface area contributed by atoms with Crippen LogP contribution in [0.2, 0.25) is 0 Å². The molecule has 0 radical (unpaired) electrons. The molecule has 0 aromatic heterocycles. The molecule has 0 fully saturated rings. The lowest BCUT2D eigenvalue weighted by Crippen LogP contribution is -2.19. The Bertz CT molecular complexity index is 658. The monoisotopic (exact) mass is 384 g/mol. The van der Waals surface area contributed by atoms with Gasteiger partial charge in [-0.3, -0.25) is 4.79 Å². The van der Waals surface area contributed by atoms with Crippen LogP contribution in [0.25, 0.3) is 0 Å². The van der Waals surface area contributed by atoms with Crippen molar-refractivity contribution in [1.29, 1.82) is 0 Å². The van der Waals surface area contributed by atoms with Crippen molar-refractivity contribution in [2.24, 2.45) is 0 Å². The molecule has 20 heavy (non-hydrogen) atoms. The first-order valence-corrected chi connectivity index (χ1v) is 7.14. The first-order valence-electron chi connectivity index (χ1n) is 6.06. The minimum absolute atomic E-state index is 0.254. The van der Waals surface area contributed by atoms with E-state index < -0.39 is 0 Å². The van der Waals surface area contributed by atoms with Gasteiger partial charge < -0.3 is 10.6 Å². The predicted molar refractivity (Wildman–Crippen MR) is 87.0 cm³/mol. The summed E-state index contributed by atoms with van der Waals surface area (Å²) >= 11 is 2.23. The van der Waals surface area contributed by atoms with Crippen LogP contribution in [0.15, 0.2) is 36.4 Å². The minimum atomic E-state index is -0.386. The summed E-state index contributed by atoms with van der Waals surface area (Å²) in [5, 5.41) is 5.67. The van der Waals surface area contributed by atoms with Crippen LogP contribution in [0.3, 0.4) is 0 Å². The average molecular weight is 384 g/mol. The van der Waals surface area contributed by atoms with Gasteiger partial charge in [0.25, 0.3) is 5.91 Å². The van der Waals surface area contributed by atoms with Gasteiger partial charge in [-0.1, -0.05) is 0 Å². The Labute approximate surface area is 130 Å². The summed E-state index contributed by atoms with van der Waals surface area (Å²) in [4.78, 5) is 11.8. The number of hydrogen-bond donors (Lipinski definition) is 2. The van der Waals surface area contributed by atoms with E-state index in [0.717, 1.165) is 14.8 Å². The maximum atomic E-state index is 13.4. The van der Waals surface area contributed by atoms with Crippen molar-refractivity contribution in [2.75, 3.05) is 12.4 Å². The predicted octanol–water partition coefficient (Wildman–Crippen LogP) is 3.84. The maximum absolute atomic E-state index is 13.4. The average Bonchev–Trinajstić information content (AvgIpc) is 2.41. The molecule has 104 valence electrons. The second-order valence-corrected chi connectivity index (χ2v) is 5.60. The topological polar surface area (TPSA) is 41.1 Å². The van der Waals surface area contributed by atoms with Crippen LogP contribution in [-0.2, 0) is 0 Å². The van der Waals surface area contributed by atoms with Crippen molar-refractivity contribution in [1.82, 2.24) is 5.32 Å². The molecule has 0 saturated heterocycles. The van der Waals surface area contributed by atoms with Crippen LogP contribution in [0.4, 0.5) is 15.8 Å². The fraction of sp³-hybridized carbons (Fsp3) is 0.133. The highest BCUT2D eigenvalue weighted by molar-refractivity contribution is 14.1. The zero-order valence-corrected chi connectivity index (χ0v) is 13.3. The van der Waals surface area contributed by atoms with E-state index in [1.165, 1.54) is 18.2 Å². The molecule has 2 rings (SSSR count). The standard InChI is InChI=1S/C15H14FIN2O/c1-9-7-11(17)4-6-13(9)19-14-8-10(16)3-5-12(14)15(20)18-2/h3-8,19H,1-2H3,(H,18,20). The molecule has 3 nitrogen and oxygen atoms in total. The molecule has 1 amide bonds. The highest BCUT2D eigenvalue weighted by Gasteiger charge is 2.12. The van der Waals surface area contributed by atoms with Crippen LogP contribution in [0.5, 0.6) is 0 Å². The van der Waals surface area contributed by atoms with Gasteiger partial charge in [-0.05, 0) is 71.5 Å². The van der Waals surface area contributed by atoms with Crippen LogP contribution in [0.1, 0.15) is 15.9 Å². The summed E-state index contributed by atoms with van der Waals surface area (Å²) in [6.07, 6.45) is 0. The third kappa shape index (κ3) is 3.27. The molecule has 5 heteroatoms. The fourth-order valence-electron chi connectivity index (χ4n) is 1.86. The van der Waals surface area contributed by atoms with Gasteiger partial charge in [-0.15, -0.1) is 0 Å². The van der Waals surface area contributed by atoms with Gasteiger partial charge in [-0.2, -0.15) is 0 Å². The number of rotatable bonds is 3. The number of hydrogen-bond acceptors (Lipinski definition) is 2. The Morgan fingerprint density at radius 3 is 2.55 bits per heavy atom. The summed E-state index contributed by atoms with van der Waals surface area (Å²) in [5.41, 5.74) is 2.74. The van der Waals surface area contributed by atoms with Crippen LogP contribution in [0, 0.1) is 16.3 Å². The molecule has 2 aromatic rings. The molecule has 0 saturated carbocycles. The molecule has 0 bridgehead atoms. The van der Waals surface area contributed by atoms with Crippen molar-refractivity contribution >= 4 is 39.9 Å². The van der Waals surface area contributed by atoms with Gasteiger partial charge >= 0.3 is 0 Å². The lowest BCUT2D eigenvalue weighted by Gasteiger charge is -2.13. The number of halogens is 2. The van der Waals surface area contributed by atoms with Crippen LogP contribution >= 0.6 is 22.6 Å². The van der Waals surface area contributed by atoms with E-state index >= 15 is 0 Å². The fourth-order valence-corrected chi connectivity index (χ4v) is 2.51. The molecule has 0 aliphatic heterocycles.